The fourth-order valence-electron chi connectivity index (χ4n) is 3.88. The van der Waals surface area contributed by atoms with Gasteiger partial charge in [0.25, 0.3) is 5.91 Å². The minimum absolute atomic E-state index is 0.391. The van der Waals surface area contributed by atoms with Crippen molar-refractivity contribution in [1.29, 1.82) is 0 Å². The lowest BCUT2D eigenvalue weighted by Crippen LogP contribution is -2.28. The number of benzene rings is 1. The molecule has 1 aliphatic heterocycles. The van der Waals surface area contributed by atoms with Gasteiger partial charge in [0.15, 0.2) is 0 Å². The minimum atomic E-state index is -0.534. The predicted molar refractivity (Wildman–Crippen MR) is 118 cm³/mol. The number of rotatable bonds is 7. The van der Waals surface area contributed by atoms with Gasteiger partial charge in [-0.25, -0.2) is 10.5 Å². The van der Waals surface area contributed by atoms with Gasteiger partial charge in [-0.05, 0) is 44.4 Å². The first kappa shape index (κ1) is 21.7. The van der Waals surface area contributed by atoms with Gasteiger partial charge in [-0.2, -0.15) is 0 Å². The summed E-state index contributed by atoms with van der Waals surface area (Å²) in [6.45, 7) is 5.57. The molecule has 0 saturated carbocycles. The third-order valence-electron chi connectivity index (χ3n) is 5.28. The number of carbonyl (C=O) groups is 1. The summed E-state index contributed by atoms with van der Waals surface area (Å²) in [5.41, 5.74) is 8.33. The highest BCUT2D eigenvalue weighted by atomic mass is 16.5. The van der Waals surface area contributed by atoms with E-state index in [-0.39, 0.29) is 0 Å². The zero-order chi connectivity index (χ0) is 21.5. The maximum absolute atomic E-state index is 11.7. The number of ether oxygens (including phenoxy) is 1. The molecule has 6 nitrogen and oxygen atoms in total. The highest BCUT2D eigenvalue weighted by molar-refractivity contribution is 6.15. The molecule has 1 aromatic rings. The quantitative estimate of drug-likeness (QED) is 0.520. The van der Waals surface area contributed by atoms with Crippen molar-refractivity contribution in [2.24, 2.45) is 4.99 Å². The molecule has 2 N–H and O–H groups in total. The van der Waals surface area contributed by atoms with Crippen LogP contribution in [0.2, 0.25) is 0 Å². The van der Waals surface area contributed by atoms with Crippen molar-refractivity contribution >= 4 is 11.6 Å². The predicted octanol–water partition coefficient (Wildman–Crippen LogP) is 4.36. The first-order valence-electron chi connectivity index (χ1n) is 10.3. The van der Waals surface area contributed by atoms with E-state index < -0.39 is 5.91 Å². The second-order valence-electron chi connectivity index (χ2n) is 7.11. The molecule has 6 heteroatoms. The van der Waals surface area contributed by atoms with E-state index in [1.807, 2.05) is 25.1 Å². The first-order valence-corrected chi connectivity index (χ1v) is 10.3. The highest BCUT2D eigenvalue weighted by Crippen LogP contribution is 2.34. The standard InChI is InChI=1S/C24H29N3O3/c1-4-8-19-21(5-2)27(15-16-30-3)22-10-7-6-9-20(22)25-23(19)17-11-13-18(14-12-17)24(28)26-29/h4,6,8-9,11-14,29H,5,7,10,15-16H2,1-3H3,(H,26,28)/b8-4-. The summed E-state index contributed by atoms with van der Waals surface area (Å²) in [6, 6.07) is 7.14. The molecular formula is C24H29N3O3. The smallest absolute Gasteiger partial charge is 0.274 e. The van der Waals surface area contributed by atoms with Crippen molar-refractivity contribution < 1.29 is 14.7 Å². The van der Waals surface area contributed by atoms with Crippen LogP contribution in [0.15, 0.2) is 76.2 Å². The van der Waals surface area contributed by atoms with E-state index in [2.05, 4.69) is 30.1 Å². The second-order valence-corrected chi connectivity index (χ2v) is 7.11. The van der Waals surface area contributed by atoms with E-state index >= 15 is 0 Å². The van der Waals surface area contributed by atoms with E-state index in [4.69, 9.17) is 14.9 Å². The van der Waals surface area contributed by atoms with Crippen LogP contribution in [0.25, 0.3) is 0 Å². The van der Waals surface area contributed by atoms with Crippen molar-refractivity contribution in [1.82, 2.24) is 10.4 Å². The molecule has 1 aliphatic carbocycles. The number of hydrogen-bond acceptors (Lipinski definition) is 5. The number of amides is 1. The van der Waals surface area contributed by atoms with Crippen LogP contribution in [0.3, 0.4) is 0 Å². The monoisotopic (exact) mass is 407 g/mol. The van der Waals surface area contributed by atoms with Crippen LogP contribution >= 0.6 is 0 Å². The summed E-state index contributed by atoms with van der Waals surface area (Å²) in [6.07, 6.45) is 11.2. The Kier molecular flexibility index (Phi) is 7.38. The fourth-order valence-corrected chi connectivity index (χ4v) is 3.88. The number of methoxy groups -OCH3 is 1. The van der Waals surface area contributed by atoms with Gasteiger partial charge in [0.05, 0.1) is 18.0 Å². The molecule has 158 valence electrons. The van der Waals surface area contributed by atoms with Gasteiger partial charge in [-0.15, -0.1) is 0 Å². The average molecular weight is 408 g/mol. The lowest BCUT2D eigenvalue weighted by Gasteiger charge is -2.31. The number of allylic oxidation sites excluding steroid dienone is 7. The number of aliphatic imine (C=N–C) groups is 1. The normalized spacial score (nSPS) is 16.7. The van der Waals surface area contributed by atoms with Crippen LogP contribution < -0.4 is 5.48 Å². The molecule has 0 aromatic heterocycles. The van der Waals surface area contributed by atoms with E-state index in [0.717, 1.165) is 48.4 Å². The van der Waals surface area contributed by atoms with Crippen molar-refractivity contribution in [2.45, 2.75) is 33.1 Å². The topological polar surface area (TPSA) is 74.2 Å². The van der Waals surface area contributed by atoms with Gasteiger partial charge in [0.2, 0.25) is 0 Å². The van der Waals surface area contributed by atoms with Crippen LogP contribution in [0.5, 0.6) is 0 Å². The van der Waals surface area contributed by atoms with Gasteiger partial charge in [-0.1, -0.05) is 37.3 Å². The van der Waals surface area contributed by atoms with Crippen LogP contribution in [0.4, 0.5) is 0 Å². The molecule has 2 aliphatic rings. The first-order chi connectivity index (χ1) is 14.6. The highest BCUT2D eigenvalue weighted by Gasteiger charge is 2.26. The van der Waals surface area contributed by atoms with Crippen LogP contribution in [-0.2, 0) is 4.74 Å². The number of nitrogens with zero attached hydrogens (tertiary/aromatic N) is 2. The maximum Gasteiger partial charge on any atom is 0.274 e. The summed E-state index contributed by atoms with van der Waals surface area (Å²) in [7, 11) is 1.72. The number of carbonyl (C=O) groups excluding carboxylic acids is 1. The molecule has 3 rings (SSSR count). The molecule has 0 fully saturated rings. The molecule has 0 bridgehead atoms. The fraction of sp³-hybridized carbons (Fsp3) is 0.333. The lowest BCUT2D eigenvalue weighted by atomic mass is 9.97. The molecule has 1 heterocycles. The van der Waals surface area contributed by atoms with Gasteiger partial charge in [0.1, 0.15) is 0 Å². The molecule has 0 unspecified atom stereocenters. The molecule has 0 radical (unpaired) electrons. The summed E-state index contributed by atoms with van der Waals surface area (Å²) in [4.78, 5) is 19.2. The van der Waals surface area contributed by atoms with Crippen LogP contribution in [-0.4, -0.2) is 42.0 Å². The van der Waals surface area contributed by atoms with Crippen molar-refractivity contribution in [3.05, 3.63) is 82.4 Å². The van der Waals surface area contributed by atoms with E-state index in [1.165, 1.54) is 11.4 Å². The van der Waals surface area contributed by atoms with Crippen molar-refractivity contribution in [3.63, 3.8) is 0 Å². The number of hydroxylamine groups is 1. The molecule has 0 atom stereocenters. The zero-order valence-electron chi connectivity index (χ0n) is 17.8. The van der Waals surface area contributed by atoms with Gasteiger partial charge >= 0.3 is 0 Å². The van der Waals surface area contributed by atoms with Crippen molar-refractivity contribution in [3.8, 4) is 0 Å². The molecule has 1 amide bonds. The van der Waals surface area contributed by atoms with E-state index in [9.17, 15) is 4.79 Å². The SMILES string of the molecule is C/C=C\C1=C(CC)N(CCOC)C2=C(C=CCC2)N=C1c1ccc(C(=O)NO)cc1. The Morgan fingerprint density at radius 1 is 1.33 bits per heavy atom. The number of nitrogens with one attached hydrogen (secondary N) is 1. The third kappa shape index (κ3) is 4.45. The summed E-state index contributed by atoms with van der Waals surface area (Å²) >= 11 is 0. The van der Waals surface area contributed by atoms with E-state index in [1.54, 1.807) is 24.7 Å². The molecule has 1 aromatic carbocycles. The largest absolute Gasteiger partial charge is 0.383 e. The van der Waals surface area contributed by atoms with E-state index in [0.29, 0.717) is 12.2 Å². The second kappa shape index (κ2) is 10.2. The molecule has 0 saturated heterocycles. The summed E-state index contributed by atoms with van der Waals surface area (Å²) < 4.78 is 5.39. The number of hydrogen-bond donors (Lipinski definition) is 2. The minimum Gasteiger partial charge on any atom is -0.383 e. The van der Waals surface area contributed by atoms with Crippen molar-refractivity contribution in [2.75, 3.05) is 20.3 Å². The Morgan fingerprint density at radius 3 is 2.73 bits per heavy atom. The van der Waals surface area contributed by atoms with Gasteiger partial charge < -0.3 is 9.64 Å². The average Bonchev–Trinajstić information content (AvgIpc) is 2.92. The summed E-state index contributed by atoms with van der Waals surface area (Å²) in [5.74, 6) is -0.534. The van der Waals surface area contributed by atoms with Gasteiger partial charge in [0, 0.05) is 41.7 Å². The maximum atomic E-state index is 11.7. The Morgan fingerprint density at radius 2 is 2.10 bits per heavy atom. The summed E-state index contributed by atoms with van der Waals surface area (Å²) in [5, 5.41) is 8.88. The Bertz CT molecular complexity index is 937. The van der Waals surface area contributed by atoms with Crippen LogP contribution in [0, 0.1) is 0 Å². The Balaban J connectivity index is 2.18. The molecule has 30 heavy (non-hydrogen) atoms. The van der Waals surface area contributed by atoms with Gasteiger partial charge in [-0.3, -0.25) is 10.0 Å². The molecular weight excluding hydrogens is 378 g/mol. The Labute approximate surface area is 177 Å². The van der Waals surface area contributed by atoms with Crippen LogP contribution in [0.1, 0.15) is 49.0 Å². The zero-order valence-corrected chi connectivity index (χ0v) is 17.8. The lowest BCUT2D eigenvalue weighted by molar-refractivity contribution is 0.0706. The third-order valence-corrected chi connectivity index (χ3v) is 5.28. The molecule has 0 spiro atoms. The Hall–Kier alpha value is -2.96.